The molecule has 0 aliphatic carbocycles. The Morgan fingerprint density at radius 3 is 2.41 bits per heavy atom. The van der Waals surface area contributed by atoms with Gasteiger partial charge in [0.1, 0.15) is 0 Å². The first kappa shape index (κ1) is 14.4. The summed E-state index contributed by atoms with van der Waals surface area (Å²) < 4.78 is 1.22. The van der Waals surface area contributed by atoms with E-state index < -0.39 is 5.97 Å². The van der Waals surface area contributed by atoms with Gasteiger partial charge >= 0.3 is 5.97 Å². The average Bonchev–Trinajstić information content (AvgIpc) is 2.26. The molecular weight excluding hydrogens is 329 g/mol. The lowest BCUT2D eigenvalue weighted by Crippen LogP contribution is -2.32. The third kappa shape index (κ3) is 5.50. The highest BCUT2D eigenvalue weighted by molar-refractivity contribution is 14.1. The minimum atomic E-state index is -0.738. The molecule has 3 nitrogen and oxygen atoms in total. The maximum absolute atomic E-state index is 10.6. The van der Waals surface area contributed by atoms with Gasteiger partial charge in [-0.1, -0.05) is 12.1 Å². The van der Waals surface area contributed by atoms with E-state index in [4.69, 9.17) is 5.11 Å². The predicted octanol–water partition coefficient (Wildman–Crippen LogP) is 2.98. The standard InChI is InChI=1S/C13H18INO2/c1-10(2)15(8-7-13(16)17)9-11-3-5-12(14)6-4-11/h3-6,10H,7-9H2,1-2H3,(H,16,17). The van der Waals surface area contributed by atoms with Gasteiger partial charge in [0.15, 0.2) is 0 Å². The van der Waals surface area contributed by atoms with Crippen LogP contribution in [0.2, 0.25) is 0 Å². The van der Waals surface area contributed by atoms with E-state index in [9.17, 15) is 4.79 Å². The van der Waals surface area contributed by atoms with E-state index in [2.05, 4.69) is 65.6 Å². The number of carbonyl (C=O) groups is 1. The molecule has 0 radical (unpaired) electrons. The number of rotatable bonds is 6. The molecule has 0 spiro atoms. The van der Waals surface area contributed by atoms with E-state index in [-0.39, 0.29) is 6.42 Å². The minimum absolute atomic E-state index is 0.197. The Bertz CT molecular complexity index is 362. The van der Waals surface area contributed by atoms with Crippen molar-refractivity contribution in [3.63, 3.8) is 0 Å². The van der Waals surface area contributed by atoms with Gasteiger partial charge in [-0.2, -0.15) is 0 Å². The Kier molecular flexibility index (Phi) is 5.91. The van der Waals surface area contributed by atoms with Crippen LogP contribution < -0.4 is 0 Å². The lowest BCUT2D eigenvalue weighted by molar-refractivity contribution is -0.137. The average molecular weight is 347 g/mol. The van der Waals surface area contributed by atoms with E-state index in [0.717, 1.165) is 6.54 Å². The second-order valence-corrected chi connectivity index (χ2v) is 5.58. The molecule has 0 unspecified atom stereocenters. The summed E-state index contributed by atoms with van der Waals surface area (Å²) in [5, 5.41) is 8.72. The molecule has 0 bridgehead atoms. The molecule has 0 atom stereocenters. The summed E-state index contributed by atoms with van der Waals surface area (Å²) in [6, 6.07) is 8.70. The second kappa shape index (κ2) is 6.96. The maximum Gasteiger partial charge on any atom is 0.304 e. The van der Waals surface area contributed by atoms with Crippen molar-refractivity contribution in [3.8, 4) is 0 Å². The van der Waals surface area contributed by atoms with Gasteiger partial charge in [-0.25, -0.2) is 0 Å². The molecule has 1 rings (SSSR count). The van der Waals surface area contributed by atoms with E-state index in [0.29, 0.717) is 12.6 Å². The quantitative estimate of drug-likeness (QED) is 0.805. The van der Waals surface area contributed by atoms with Crippen molar-refractivity contribution < 1.29 is 9.90 Å². The first-order valence-electron chi connectivity index (χ1n) is 5.69. The van der Waals surface area contributed by atoms with Gasteiger partial charge < -0.3 is 5.11 Å². The summed E-state index contributed by atoms with van der Waals surface area (Å²) in [5.41, 5.74) is 1.23. The smallest absolute Gasteiger partial charge is 0.304 e. The SMILES string of the molecule is CC(C)N(CCC(=O)O)Cc1ccc(I)cc1. The number of aliphatic carboxylic acids is 1. The van der Waals surface area contributed by atoms with Crippen LogP contribution in [0.15, 0.2) is 24.3 Å². The second-order valence-electron chi connectivity index (χ2n) is 4.33. The van der Waals surface area contributed by atoms with E-state index in [1.165, 1.54) is 9.13 Å². The summed E-state index contributed by atoms with van der Waals surface area (Å²) in [6.45, 7) is 5.59. The number of nitrogens with zero attached hydrogens (tertiary/aromatic N) is 1. The minimum Gasteiger partial charge on any atom is -0.481 e. The Labute approximate surface area is 116 Å². The van der Waals surface area contributed by atoms with Gasteiger partial charge in [-0.15, -0.1) is 0 Å². The monoisotopic (exact) mass is 347 g/mol. The Hall–Kier alpha value is -0.620. The third-order valence-electron chi connectivity index (χ3n) is 2.64. The van der Waals surface area contributed by atoms with Crippen LogP contribution in [0, 0.1) is 3.57 Å². The number of halogens is 1. The molecule has 17 heavy (non-hydrogen) atoms. The molecule has 1 aromatic rings. The fourth-order valence-electron chi connectivity index (χ4n) is 1.58. The summed E-state index contributed by atoms with van der Waals surface area (Å²) in [4.78, 5) is 12.8. The van der Waals surface area contributed by atoms with Gasteiger partial charge in [0.05, 0.1) is 6.42 Å². The van der Waals surface area contributed by atoms with Crippen molar-refractivity contribution in [2.24, 2.45) is 0 Å². The Morgan fingerprint density at radius 1 is 1.35 bits per heavy atom. The van der Waals surface area contributed by atoms with Crippen molar-refractivity contribution in [2.75, 3.05) is 6.54 Å². The van der Waals surface area contributed by atoms with Crippen LogP contribution >= 0.6 is 22.6 Å². The zero-order valence-corrected chi connectivity index (χ0v) is 12.3. The van der Waals surface area contributed by atoms with Crippen LogP contribution in [-0.2, 0) is 11.3 Å². The molecule has 0 fully saturated rings. The molecular formula is C13H18INO2. The maximum atomic E-state index is 10.6. The Morgan fingerprint density at radius 2 is 1.94 bits per heavy atom. The molecule has 0 saturated carbocycles. The molecule has 0 aliphatic rings. The van der Waals surface area contributed by atoms with Crippen LogP contribution in [0.5, 0.6) is 0 Å². The lowest BCUT2D eigenvalue weighted by atomic mass is 10.2. The van der Waals surface area contributed by atoms with Crippen molar-refractivity contribution in [1.82, 2.24) is 4.90 Å². The molecule has 94 valence electrons. The molecule has 1 aromatic carbocycles. The van der Waals surface area contributed by atoms with Crippen LogP contribution in [0.1, 0.15) is 25.8 Å². The van der Waals surface area contributed by atoms with Crippen molar-refractivity contribution in [1.29, 1.82) is 0 Å². The highest BCUT2D eigenvalue weighted by Gasteiger charge is 2.11. The predicted molar refractivity (Wildman–Crippen MR) is 77.0 cm³/mol. The highest BCUT2D eigenvalue weighted by atomic mass is 127. The zero-order chi connectivity index (χ0) is 12.8. The topological polar surface area (TPSA) is 40.5 Å². The first-order chi connectivity index (χ1) is 7.99. The highest BCUT2D eigenvalue weighted by Crippen LogP contribution is 2.11. The van der Waals surface area contributed by atoms with Gasteiger partial charge in [0.25, 0.3) is 0 Å². The van der Waals surface area contributed by atoms with Crippen molar-refractivity contribution in [3.05, 3.63) is 33.4 Å². The van der Waals surface area contributed by atoms with Crippen LogP contribution in [0.4, 0.5) is 0 Å². The van der Waals surface area contributed by atoms with Crippen LogP contribution in [0.25, 0.3) is 0 Å². The van der Waals surface area contributed by atoms with E-state index in [1.807, 2.05) is 0 Å². The molecule has 1 N–H and O–H groups in total. The first-order valence-corrected chi connectivity index (χ1v) is 6.77. The van der Waals surface area contributed by atoms with Gasteiger partial charge in [0.2, 0.25) is 0 Å². The number of hydrogen-bond donors (Lipinski definition) is 1. The summed E-state index contributed by atoms with van der Waals surface area (Å²) >= 11 is 2.28. The summed E-state index contributed by atoms with van der Waals surface area (Å²) in [6.07, 6.45) is 0.197. The van der Waals surface area contributed by atoms with E-state index in [1.54, 1.807) is 0 Å². The number of carboxylic acid groups (broad SMARTS) is 1. The third-order valence-corrected chi connectivity index (χ3v) is 3.36. The largest absolute Gasteiger partial charge is 0.481 e. The number of carboxylic acids is 1. The van der Waals surface area contributed by atoms with Crippen LogP contribution in [0.3, 0.4) is 0 Å². The molecule has 0 aliphatic heterocycles. The number of benzene rings is 1. The molecule has 0 heterocycles. The molecule has 0 amide bonds. The van der Waals surface area contributed by atoms with Crippen molar-refractivity contribution in [2.45, 2.75) is 32.9 Å². The zero-order valence-electron chi connectivity index (χ0n) is 10.2. The van der Waals surface area contributed by atoms with Crippen molar-refractivity contribution >= 4 is 28.6 Å². The fourth-order valence-corrected chi connectivity index (χ4v) is 1.94. The molecule has 4 heteroatoms. The Balaban J connectivity index is 2.60. The van der Waals surface area contributed by atoms with Gasteiger partial charge in [0, 0.05) is 22.7 Å². The summed E-state index contributed by atoms with van der Waals surface area (Å²) in [7, 11) is 0. The molecule has 0 aromatic heterocycles. The summed E-state index contributed by atoms with van der Waals surface area (Å²) in [5.74, 6) is -0.738. The van der Waals surface area contributed by atoms with Gasteiger partial charge in [-0.3, -0.25) is 9.69 Å². The number of hydrogen-bond acceptors (Lipinski definition) is 2. The van der Waals surface area contributed by atoms with E-state index >= 15 is 0 Å². The molecule has 0 saturated heterocycles. The fraction of sp³-hybridized carbons (Fsp3) is 0.462. The van der Waals surface area contributed by atoms with Crippen LogP contribution in [-0.4, -0.2) is 28.6 Å². The lowest BCUT2D eigenvalue weighted by Gasteiger charge is -2.25. The van der Waals surface area contributed by atoms with Gasteiger partial charge in [-0.05, 0) is 54.1 Å². The normalized spacial score (nSPS) is 11.1.